The summed E-state index contributed by atoms with van der Waals surface area (Å²) in [6, 6.07) is 1.88. The molecule has 0 aliphatic carbocycles. The fourth-order valence-corrected chi connectivity index (χ4v) is 1.13. The first kappa shape index (κ1) is 14.4. The van der Waals surface area contributed by atoms with Gasteiger partial charge in [-0.1, -0.05) is 0 Å². The summed E-state index contributed by atoms with van der Waals surface area (Å²) in [7, 11) is 1.63. The number of amides is 1. The van der Waals surface area contributed by atoms with E-state index in [9.17, 15) is 9.59 Å². The summed E-state index contributed by atoms with van der Waals surface area (Å²) in [5.41, 5.74) is 0. The highest BCUT2D eigenvalue weighted by atomic mass is 16.5. The van der Waals surface area contributed by atoms with E-state index in [1.807, 2.05) is 6.07 Å². The van der Waals surface area contributed by atoms with Gasteiger partial charge >= 0.3 is 5.97 Å². The maximum atomic E-state index is 11.6. The highest BCUT2D eigenvalue weighted by Gasteiger charge is 2.16. The lowest BCUT2D eigenvalue weighted by Crippen LogP contribution is -2.35. The molecule has 0 fully saturated rings. The Hall–Kier alpha value is -1.57. The van der Waals surface area contributed by atoms with Crippen LogP contribution in [0.4, 0.5) is 0 Å². The lowest BCUT2D eigenvalue weighted by Gasteiger charge is -2.22. The Labute approximate surface area is 96.0 Å². The zero-order chi connectivity index (χ0) is 12.6. The van der Waals surface area contributed by atoms with Crippen molar-refractivity contribution < 1.29 is 14.3 Å². The predicted octanol–water partition coefficient (Wildman–Crippen LogP) is 1.09. The van der Waals surface area contributed by atoms with Gasteiger partial charge < -0.3 is 9.64 Å². The number of hydrogen-bond donors (Lipinski definition) is 0. The first-order valence-electron chi connectivity index (χ1n) is 5.31. The van der Waals surface area contributed by atoms with Gasteiger partial charge in [-0.25, -0.2) is 0 Å². The number of ether oxygens (including phenoxy) is 1. The second-order valence-electron chi connectivity index (χ2n) is 3.52. The van der Waals surface area contributed by atoms with Crippen LogP contribution < -0.4 is 0 Å². The Balaban J connectivity index is 3.97. The number of carbonyl (C=O) groups is 2. The highest BCUT2D eigenvalue weighted by Crippen LogP contribution is 2.04. The molecule has 0 aliphatic heterocycles. The van der Waals surface area contributed by atoms with E-state index in [0.717, 1.165) is 0 Å². The van der Waals surface area contributed by atoms with Crippen molar-refractivity contribution in [2.75, 3.05) is 13.7 Å². The first-order valence-corrected chi connectivity index (χ1v) is 5.31. The number of nitrogens with zero attached hydrogens (tertiary/aromatic N) is 2. The molecule has 0 aliphatic rings. The van der Waals surface area contributed by atoms with E-state index >= 15 is 0 Å². The number of rotatable bonds is 6. The lowest BCUT2D eigenvalue weighted by molar-refractivity contribution is -0.145. The van der Waals surface area contributed by atoms with E-state index in [2.05, 4.69) is 0 Å². The van der Waals surface area contributed by atoms with Crippen LogP contribution in [0.5, 0.6) is 0 Å². The van der Waals surface area contributed by atoms with Crippen molar-refractivity contribution in [1.82, 2.24) is 4.90 Å². The topological polar surface area (TPSA) is 70.4 Å². The summed E-state index contributed by atoms with van der Waals surface area (Å²) >= 11 is 0. The molecule has 0 aromatic carbocycles. The van der Waals surface area contributed by atoms with Gasteiger partial charge in [-0.2, -0.15) is 5.26 Å². The predicted molar refractivity (Wildman–Crippen MR) is 58.3 cm³/mol. The molecule has 1 unspecified atom stereocenters. The standard InChI is InChI=1S/C11H18N2O3/c1-4-16-11(15)6-5-10(14)13(3)9(2)7-8-12/h9H,4-7H2,1-3H3. The summed E-state index contributed by atoms with van der Waals surface area (Å²) in [6.45, 7) is 3.85. The van der Waals surface area contributed by atoms with Gasteiger partial charge in [0.1, 0.15) is 0 Å². The minimum atomic E-state index is -0.364. The normalized spacial score (nSPS) is 11.4. The largest absolute Gasteiger partial charge is 0.466 e. The summed E-state index contributed by atoms with van der Waals surface area (Å²) in [4.78, 5) is 24.1. The third-order valence-corrected chi connectivity index (χ3v) is 2.29. The second-order valence-corrected chi connectivity index (χ2v) is 3.52. The van der Waals surface area contributed by atoms with Crippen LogP contribution in [-0.2, 0) is 14.3 Å². The van der Waals surface area contributed by atoms with Crippen LogP contribution in [0.25, 0.3) is 0 Å². The molecule has 5 heteroatoms. The molecule has 90 valence electrons. The van der Waals surface area contributed by atoms with E-state index in [1.165, 1.54) is 4.90 Å². The quantitative estimate of drug-likeness (QED) is 0.636. The third-order valence-electron chi connectivity index (χ3n) is 2.29. The maximum Gasteiger partial charge on any atom is 0.306 e. The molecule has 1 atom stereocenters. The first-order chi connectivity index (χ1) is 7.52. The van der Waals surface area contributed by atoms with E-state index in [-0.39, 0.29) is 30.8 Å². The van der Waals surface area contributed by atoms with Crippen LogP contribution in [0.15, 0.2) is 0 Å². The van der Waals surface area contributed by atoms with Gasteiger partial charge in [0.2, 0.25) is 5.91 Å². The molecule has 16 heavy (non-hydrogen) atoms. The number of nitriles is 1. The van der Waals surface area contributed by atoms with Crippen molar-refractivity contribution in [1.29, 1.82) is 5.26 Å². The molecular weight excluding hydrogens is 208 g/mol. The lowest BCUT2D eigenvalue weighted by atomic mass is 10.2. The van der Waals surface area contributed by atoms with Crippen LogP contribution in [0.2, 0.25) is 0 Å². The number of hydrogen-bond acceptors (Lipinski definition) is 4. The Morgan fingerprint density at radius 1 is 1.44 bits per heavy atom. The zero-order valence-corrected chi connectivity index (χ0v) is 10.0. The molecule has 0 aromatic rings. The molecular formula is C11H18N2O3. The number of esters is 1. The van der Waals surface area contributed by atoms with Gasteiger partial charge in [0.25, 0.3) is 0 Å². The molecule has 0 saturated carbocycles. The van der Waals surface area contributed by atoms with Crippen molar-refractivity contribution in [2.24, 2.45) is 0 Å². The van der Waals surface area contributed by atoms with Gasteiger partial charge in [0, 0.05) is 19.5 Å². The minimum absolute atomic E-state index is 0.0935. The van der Waals surface area contributed by atoms with Gasteiger partial charge in [0.05, 0.1) is 25.5 Å². The Bertz CT molecular complexity index is 283. The van der Waals surface area contributed by atoms with Crippen LogP contribution in [-0.4, -0.2) is 36.5 Å². The van der Waals surface area contributed by atoms with Crippen LogP contribution in [0, 0.1) is 11.3 Å². The molecule has 5 nitrogen and oxygen atoms in total. The van der Waals surface area contributed by atoms with Crippen molar-refractivity contribution >= 4 is 11.9 Å². The van der Waals surface area contributed by atoms with Gasteiger partial charge in [-0.05, 0) is 13.8 Å². The van der Waals surface area contributed by atoms with E-state index in [0.29, 0.717) is 13.0 Å². The van der Waals surface area contributed by atoms with E-state index in [4.69, 9.17) is 10.00 Å². The fourth-order valence-electron chi connectivity index (χ4n) is 1.13. The number of carbonyl (C=O) groups excluding carboxylic acids is 2. The minimum Gasteiger partial charge on any atom is -0.466 e. The molecule has 0 rings (SSSR count). The van der Waals surface area contributed by atoms with Crippen LogP contribution >= 0.6 is 0 Å². The molecule has 0 bridgehead atoms. The molecule has 0 aromatic heterocycles. The highest BCUT2D eigenvalue weighted by molar-refractivity contribution is 5.81. The van der Waals surface area contributed by atoms with Crippen molar-refractivity contribution in [3.05, 3.63) is 0 Å². The average molecular weight is 226 g/mol. The molecule has 0 saturated heterocycles. The van der Waals surface area contributed by atoms with Gasteiger partial charge in [-0.15, -0.1) is 0 Å². The molecule has 0 heterocycles. The summed E-state index contributed by atoms with van der Waals surface area (Å²) in [6.07, 6.45) is 0.517. The third kappa shape index (κ3) is 5.35. The summed E-state index contributed by atoms with van der Waals surface area (Å²) in [5, 5.41) is 8.49. The monoisotopic (exact) mass is 226 g/mol. The van der Waals surface area contributed by atoms with Gasteiger partial charge in [0.15, 0.2) is 0 Å². The van der Waals surface area contributed by atoms with Crippen LogP contribution in [0.1, 0.15) is 33.1 Å². The molecule has 1 amide bonds. The Kier molecular flexibility index (Phi) is 6.93. The second kappa shape index (κ2) is 7.69. The SMILES string of the molecule is CCOC(=O)CCC(=O)N(C)C(C)CC#N. The average Bonchev–Trinajstić information content (AvgIpc) is 2.25. The van der Waals surface area contributed by atoms with E-state index < -0.39 is 0 Å². The van der Waals surface area contributed by atoms with E-state index in [1.54, 1.807) is 20.9 Å². The van der Waals surface area contributed by atoms with Crippen molar-refractivity contribution in [2.45, 2.75) is 39.2 Å². The molecule has 0 N–H and O–H groups in total. The maximum absolute atomic E-state index is 11.6. The van der Waals surface area contributed by atoms with Crippen LogP contribution in [0.3, 0.4) is 0 Å². The van der Waals surface area contributed by atoms with Crippen molar-refractivity contribution in [3.8, 4) is 6.07 Å². The zero-order valence-electron chi connectivity index (χ0n) is 10.0. The van der Waals surface area contributed by atoms with Gasteiger partial charge in [-0.3, -0.25) is 9.59 Å². The Morgan fingerprint density at radius 3 is 2.56 bits per heavy atom. The smallest absolute Gasteiger partial charge is 0.306 e. The Morgan fingerprint density at radius 2 is 2.06 bits per heavy atom. The summed E-state index contributed by atoms with van der Waals surface area (Å²) < 4.78 is 4.72. The fraction of sp³-hybridized carbons (Fsp3) is 0.727. The summed E-state index contributed by atoms with van der Waals surface area (Å²) in [5.74, 6) is -0.506. The van der Waals surface area contributed by atoms with Crippen molar-refractivity contribution in [3.63, 3.8) is 0 Å². The molecule has 0 radical (unpaired) electrons. The molecule has 0 spiro atoms.